The molecule has 0 amide bonds. The molecular formula is C12H14N4S. The lowest BCUT2D eigenvalue weighted by Crippen LogP contribution is -2.05. The van der Waals surface area contributed by atoms with Crippen LogP contribution in [0.15, 0.2) is 18.2 Å². The van der Waals surface area contributed by atoms with E-state index in [2.05, 4.69) is 38.3 Å². The third-order valence-electron chi connectivity index (χ3n) is 3.16. The van der Waals surface area contributed by atoms with Crippen LogP contribution in [0.5, 0.6) is 0 Å². The fourth-order valence-electron chi connectivity index (χ4n) is 2.28. The molecule has 0 aliphatic heterocycles. The van der Waals surface area contributed by atoms with Crippen molar-refractivity contribution in [3.63, 3.8) is 0 Å². The monoisotopic (exact) mass is 246 g/mol. The molecular weight excluding hydrogens is 232 g/mol. The van der Waals surface area contributed by atoms with E-state index in [0.29, 0.717) is 0 Å². The lowest BCUT2D eigenvalue weighted by molar-refractivity contribution is 0.684. The van der Waals surface area contributed by atoms with E-state index in [4.69, 9.17) is 0 Å². The third-order valence-corrected chi connectivity index (χ3v) is 3.71. The highest BCUT2D eigenvalue weighted by molar-refractivity contribution is 7.09. The molecule has 1 aromatic heterocycles. The van der Waals surface area contributed by atoms with Gasteiger partial charge in [-0.05, 0) is 47.6 Å². The fourth-order valence-corrected chi connectivity index (χ4v) is 2.64. The van der Waals surface area contributed by atoms with Gasteiger partial charge < -0.3 is 5.32 Å². The molecule has 88 valence electrons. The average Bonchev–Trinajstić information content (AvgIpc) is 2.89. The van der Waals surface area contributed by atoms with Crippen molar-refractivity contribution in [3.05, 3.63) is 34.9 Å². The molecule has 0 unspecified atom stereocenters. The molecule has 0 spiro atoms. The largest absolute Gasteiger partial charge is 0.355 e. The summed E-state index contributed by atoms with van der Waals surface area (Å²) in [5, 5.41) is 11.4. The predicted octanol–water partition coefficient (Wildman–Crippen LogP) is 2.42. The summed E-state index contributed by atoms with van der Waals surface area (Å²) in [6.07, 6.45) is 5.12. The van der Waals surface area contributed by atoms with Crippen LogP contribution in [-0.4, -0.2) is 14.8 Å². The van der Waals surface area contributed by atoms with Crippen LogP contribution < -0.4 is 5.32 Å². The van der Waals surface area contributed by atoms with Gasteiger partial charge in [-0.2, -0.15) is 0 Å². The molecule has 1 aromatic carbocycles. The molecule has 0 atom stereocenters. The molecule has 4 nitrogen and oxygen atoms in total. The van der Waals surface area contributed by atoms with Crippen molar-refractivity contribution in [1.29, 1.82) is 0 Å². The van der Waals surface area contributed by atoms with E-state index in [0.717, 1.165) is 11.7 Å². The van der Waals surface area contributed by atoms with E-state index < -0.39 is 0 Å². The first kappa shape index (κ1) is 10.7. The lowest BCUT2D eigenvalue weighted by Gasteiger charge is -2.16. The maximum absolute atomic E-state index is 3.87. The zero-order valence-electron chi connectivity index (χ0n) is 9.52. The smallest absolute Gasteiger partial charge is 0.225 e. The summed E-state index contributed by atoms with van der Waals surface area (Å²) < 4.78 is 3.72. The minimum atomic E-state index is 0.780. The number of nitrogens with zero attached hydrogens (tertiary/aromatic N) is 3. The summed E-state index contributed by atoms with van der Waals surface area (Å²) in [6.45, 7) is 0.796. The van der Waals surface area contributed by atoms with Crippen molar-refractivity contribution in [2.24, 2.45) is 0 Å². The SMILES string of the molecule is c1cc2c(cc1CNc1nnns1)CCCC2. The fraction of sp³-hybridized carbons (Fsp3) is 0.417. The van der Waals surface area contributed by atoms with Crippen molar-refractivity contribution < 1.29 is 0 Å². The molecule has 0 radical (unpaired) electrons. The Balaban J connectivity index is 1.71. The van der Waals surface area contributed by atoms with Crippen molar-refractivity contribution in [2.45, 2.75) is 32.2 Å². The van der Waals surface area contributed by atoms with Crippen LogP contribution in [0, 0.1) is 0 Å². The Morgan fingerprint density at radius 1 is 1.18 bits per heavy atom. The van der Waals surface area contributed by atoms with Gasteiger partial charge in [-0.1, -0.05) is 27.8 Å². The van der Waals surface area contributed by atoms with Crippen molar-refractivity contribution >= 4 is 16.7 Å². The van der Waals surface area contributed by atoms with Gasteiger partial charge in [0.1, 0.15) is 0 Å². The summed E-state index contributed by atoms with van der Waals surface area (Å²) in [5.41, 5.74) is 4.35. The van der Waals surface area contributed by atoms with Gasteiger partial charge >= 0.3 is 0 Å². The molecule has 1 N–H and O–H groups in total. The van der Waals surface area contributed by atoms with Crippen LogP contribution in [-0.2, 0) is 19.4 Å². The highest BCUT2D eigenvalue weighted by Gasteiger charge is 2.09. The van der Waals surface area contributed by atoms with Gasteiger partial charge in [0.25, 0.3) is 0 Å². The van der Waals surface area contributed by atoms with Gasteiger partial charge in [-0.25, -0.2) is 0 Å². The first-order chi connectivity index (χ1) is 8.42. The minimum absolute atomic E-state index is 0.780. The zero-order valence-corrected chi connectivity index (χ0v) is 10.3. The topological polar surface area (TPSA) is 50.7 Å². The first-order valence-electron chi connectivity index (χ1n) is 5.91. The van der Waals surface area contributed by atoms with Gasteiger partial charge in [-0.15, -0.1) is 0 Å². The van der Waals surface area contributed by atoms with E-state index in [1.54, 1.807) is 0 Å². The quantitative estimate of drug-likeness (QED) is 0.903. The van der Waals surface area contributed by atoms with Gasteiger partial charge in [-0.3, -0.25) is 0 Å². The summed E-state index contributed by atoms with van der Waals surface area (Å²) >= 11 is 1.29. The number of benzene rings is 1. The summed E-state index contributed by atoms with van der Waals surface area (Å²) in [5.74, 6) is 0. The van der Waals surface area contributed by atoms with E-state index >= 15 is 0 Å². The molecule has 0 saturated carbocycles. The molecule has 2 aromatic rings. The van der Waals surface area contributed by atoms with Crippen LogP contribution in [0.3, 0.4) is 0 Å². The average molecular weight is 246 g/mol. The third kappa shape index (κ3) is 2.44. The van der Waals surface area contributed by atoms with E-state index in [9.17, 15) is 0 Å². The van der Waals surface area contributed by atoms with E-state index in [1.165, 1.54) is 53.9 Å². The molecule has 0 fully saturated rings. The molecule has 1 aliphatic rings. The molecule has 3 rings (SSSR count). The number of rotatable bonds is 3. The predicted molar refractivity (Wildman–Crippen MR) is 68.1 cm³/mol. The minimum Gasteiger partial charge on any atom is -0.355 e. The molecule has 17 heavy (non-hydrogen) atoms. The first-order valence-corrected chi connectivity index (χ1v) is 6.69. The van der Waals surface area contributed by atoms with E-state index in [-0.39, 0.29) is 0 Å². The normalized spacial score (nSPS) is 14.4. The van der Waals surface area contributed by atoms with Gasteiger partial charge in [0.05, 0.1) is 0 Å². The Labute approximate surface area is 104 Å². The number of hydrogen-bond acceptors (Lipinski definition) is 5. The standard InChI is InChI=1S/C12H14N4S/c1-2-4-11-7-9(5-6-10(11)3-1)8-13-12-14-15-16-17-12/h5-7H,1-4,8H2,(H,13,14,16). The number of hydrogen-bond donors (Lipinski definition) is 1. The van der Waals surface area contributed by atoms with Gasteiger partial charge in [0, 0.05) is 18.1 Å². The Kier molecular flexibility index (Phi) is 3.00. The molecule has 0 bridgehead atoms. The maximum atomic E-state index is 3.87. The second-order valence-corrected chi connectivity index (χ2v) is 5.06. The number of aryl methyl sites for hydroxylation is 2. The Bertz CT molecular complexity index is 495. The summed E-state index contributed by atoms with van der Waals surface area (Å²) in [4.78, 5) is 0. The van der Waals surface area contributed by atoms with Gasteiger partial charge in [0.2, 0.25) is 5.13 Å². The van der Waals surface area contributed by atoms with Gasteiger partial charge in [0.15, 0.2) is 0 Å². The van der Waals surface area contributed by atoms with Crippen molar-refractivity contribution in [2.75, 3.05) is 5.32 Å². The molecule has 1 aliphatic carbocycles. The second kappa shape index (κ2) is 4.79. The number of nitrogens with one attached hydrogen (secondary N) is 1. The van der Waals surface area contributed by atoms with Crippen LogP contribution in [0.1, 0.15) is 29.5 Å². The highest BCUT2D eigenvalue weighted by atomic mass is 32.1. The number of anilines is 1. The zero-order chi connectivity index (χ0) is 11.5. The number of aromatic nitrogens is 3. The Hall–Kier alpha value is -1.49. The van der Waals surface area contributed by atoms with Crippen LogP contribution >= 0.6 is 11.5 Å². The Morgan fingerprint density at radius 3 is 2.88 bits per heavy atom. The summed E-state index contributed by atoms with van der Waals surface area (Å²) in [6, 6.07) is 6.78. The Morgan fingerprint density at radius 2 is 2.06 bits per heavy atom. The van der Waals surface area contributed by atoms with Crippen LogP contribution in [0.2, 0.25) is 0 Å². The number of fused-ring (bicyclic) bond motifs is 1. The maximum Gasteiger partial charge on any atom is 0.225 e. The summed E-state index contributed by atoms with van der Waals surface area (Å²) in [7, 11) is 0. The van der Waals surface area contributed by atoms with Crippen LogP contribution in [0.4, 0.5) is 5.13 Å². The lowest BCUT2D eigenvalue weighted by atomic mass is 9.90. The molecule has 0 saturated heterocycles. The van der Waals surface area contributed by atoms with Crippen molar-refractivity contribution in [3.8, 4) is 0 Å². The van der Waals surface area contributed by atoms with Crippen LogP contribution in [0.25, 0.3) is 0 Å². The van der Waals surface area contributed by atoms with E-state index in [1.807, 2.05) is 0 Å². The highest BCUT2D eigenvalue weighted by Crippen LogP contribution is 2.22. The molecule has 1 heterocycles. The van der Waals surface area contributed by atoms with Crippen molar-refractivity contribution in [1.82, 2.24) is 14.8 Å². The second-order valence-electron chi connectivity index (χ2n) is 4.33. The molecule has 5 heteroatoms.